The van der Waals surface area contributed by atoms with Crippen LogP contribution in [-0.4, -0.2) is 15.8 Å². The van der Waals surface area contributed by atoms with E-state index in [1.165, 1.54) is 0 Å². The summed E-state index contributed by atoms with van der Waals surface area (Å²) in [6.07, 6.45) is 0. The van der Waals surface area contributed by atoms with Gasteiger partial charge in [0.15, 0.2) is 11.6 Å². The molecule has 0 bridgehead atoms. The van der Waals surface area contributed by atoms with Gasteiger partial charge in [-0.15, -0.1) is 0 Å². The smallest absolute Gasteiger partial charge is 0.222 e. The van der Waals surface area contributed by atoms with E-state index in [2.05, 4.69) is 26.1 Å². The molecule has 0 aliphatic rings. The minimum atomic E-state index is 0.00427. The van der Waals surface area contributed by atoms with Gasteiger partial charge < -0.3 is 5.73 Å². The maximum absolute atomic E-state index is 12.7. The van der Waals surface area contributed by atoms with Gasteiger partial charge in [-0.1, -0.05) is 78.9 Å². The summed E-state index contributed by atoms with van der Waals surface area (Å²) in [5.41, 5.74) is 11.0. The molecule has 2 N–H and O–H groups in total. The Balaban J connectivity index is 1.53. The van der Waals surface area contributed by atoms with Crippen LogP contribution in [-0.2, 0) is 0 Å². The van der Waals surface area contributed by atoms with Crippen LogP contribution in [0.15, 0.2) is 103 Å². The molecule has 1 heterocycles. The number of fused-ring (bicyclic) bond motifs is 1. The number of para-hydroxylation sites is 1. The number of hydrogen-bond acceptors (Lipinski definition) is 5. The summed E-state index contributed by atoms with van der Waals surface area (Å²) in [7, 11) is 0. The molecule has 0 amide bonds. The van der Waals surface area contributed by atoms with E-state index >= 15 is 0 Å². The quantitative estimate of drug-likeness (QED) is 0.221. The van der Waals surface area contributed by atoms with Crippen molar-refractivity contribution in [1.29, 1.82) is 0 Å². The number of hydrogen-bond donors (Lipinski definition) is 1. The van der Waals surface area contributed by atoms with E-state index in [0.717, 1.165) is 27.7 Å². The molecular formula is C27H19BrN4O. The normalized spacial score (nSPS) is 10.8. The minimum absolute atomic E-state index is 0.00427. The first-order valence-corrected chi connectivity index (χ1v) is 11.1. The van der Waals surface area contributed by atoms with Crippen molar-refractivity contribution in [1.82, 2.24) is 9.97 Å². The van der Waals surface area contributed by atoms with E-state index in [0.29, 0.717) is 16.9 Å². The summed E-state index contributed by atoms with van der Waals surface area (Å²) in [4.78, 5) is 21.6. The van der Waals surface area contributed by atoms with Crippen molar-refractivity contribution in [3.8, 4) is 11.1 Å². The average molecular weight is 495 g/mol. The van der Waals surface area contributed by atoms with Gasteiger partial charge in [-0.05, 0) is 35.4 Å². The van der Waals surface area contributed by atoms with Crippen LogP contribution in [0.25, 0.3) is 22.0 Å². The van der Waals surface area contributed by atoms with Gasteiger partial charge in [0.05, 0.1) is 27.4 Å². The Morgan fingerprint density at radius 3 is 2.03 bits per heavy atom. The number of benzene rings is 4. The van der Waals surface area contributed by atoms with Gasteiger partial charge in [-0.3, -0.25) is 8.72 Å². The zero-order valence-corrected chi connectivity index (χ0v) is 19.1. The van der Waals surface area contributed by atoms with Crippen molar-refractivity contribution in [3.05, 3.63) is 114 Å². The fourth-order valence-corrected chi connectivity index (χ4v) is 4.22. The molecule has 0 spiro atoms. The number of aromatic nitrogens is 2. The number of carbonyl (C=O) groups excluding carboxylic acids is 1. The van der Waals surface area contributed by atoms with E-state index in [1.54, 1.807) is 0 Å². The first-order valence-electron chi connectivity index (χ1n) is 10.4. The van der Waals surface area contributed by atoms with Crippen LogP contribution in [0.1, 0.15) is 15.9 Å². The molecule has 6 heteroatoms. The number of anilines is 3. The molecule has 4 aromatic carbocycles. The van der Waals surface area contributed by atoms with E-state index in [4.69, 9.17) is 5.73 Å². The van der Waals surface area contributed by atoms with Crippen molar-refractivity contribution < 1.29 is 4.79 Å². The Hall–Kier alpha value is -4.03. The fourth-order valence-electron chi connectivity index (χ4n) is 3.71. The van der Waals surface area contributed by atoms with Gasteiger partial charge in [0, 0.05) is 16.5 Å². The lowest BCUT2D eigenvalue weighted by molar-refractivity contribution is 0.103. The molecule has 0 atom stereocenters. The molecule has 0 saturated heterocycles. The summed E-state index contributed by atoms with van der Waals surface area (Å²) in [6.45, 7) is 0. The molecule has 33 heavy (non-hydrogen) atoms. The van der Waals surface area contributed by atoms with Gasteiger partial charge in [-0.2, -0.15) is 4.98 Å². The average Bonchev–Trinajstić information content (AvgIpc) is 2.88. The van der Waals surface area contributed by atoms with E-state index in [9.17, 15) is 4.79 Å². The van der Waals surface area contributed by atoms with E-state index in [1.807, 2.05) is 107 Å². The standard InChI is InChI=1S/C27H19BrN4O/c28-32(22-9-5-2-6-10-22)26-23-17-21(15-16-24(23)30-27(29)31-26)18-11-13-20(14-12-18)25(33)19-7-3-1-4-8-19/h1-17H,(H2,29,30,31). The second kappa shape index (κ2) is 8.84. The molecule has 5 rings (SSSR count). The van der Waals surface area contributed by atoms with Crippen LogP contribution in [0.3, 0.4) is 0 Å². The Kier molecular flexibility index (Phi) is 5.59. The topological polar surface area (TPSA) is 72.1 Å². The number of rotatable bonds is 5. The predicted octanol–water partition coefficient (Wildman–Crippen LogP) is 6.56. The Morgan fingerprint density at radius 2 is 1.33 bits per heavy atom. The highest BCUT2D eigenvalue weighted by Crippen LogP contribution is 2.35. The molecule has 0 aliphatic carbocycles. The maximum atomic E-state index is 12.7. The Morgan fingerprint density at radius 1 is 0.727 bits per heavy atom. The van der Waals surface area contributed by atoms with Crippen LogP contribution in [0.2, 0.25) is 0 Å². The molecule has 160 valence electrons. The highest BCUT2D eigenvalue weighted by atomic mass is 79.9. The van der Waals surface area contributed by atoms with Crippen molar-refractivity contribution >= 4 is 50.3 Å². The zero-order valence-electron chi connectivity index (χ0n) is 17.5. The second-order valence-corrected chi connectivity index (χ2v) is 8.24. The molecular weight excluding hydrogens is 476 g/mol. The Labute approximate surface area is 199 Å². The highest BCUT2D eigenvalue weighted by Gasteiger charge is 2.15. The van der Waals surface area contributed by atoms with E-state index < -0.39 is 0 Å². The number of halogens is 1. The van der Waals surface area contributed by atoms with Crippen LogP contribution >= 0.6 is 16.1 Å². The third-order valence-electron chi connectivity index (χ3n) is 5.38. The van der Waals surface area contributed by atoms with Crippen molar-refractivity contribution in [2.45, 2.75) is 0 Å². The lowest BCUT2D eigenvalue weighted by atomic mass is 9.98. The summed E-state index contributed by atoms with van der Waals surface area (Å²) < 4.78 is 1.82. The van der Waals surface area contributed by atoms with Crippen LogP contribution in [0.5, 0.6) is 0 Å². The first kappa shape index (κ1) is 20.8. The van der Waals surface area contributed by atoms with E-state index in [-0.39, 0.29) is 11.7 Å². The largest absolute Gasteiger partial charge is 0.368 e. The fraction of sp³-hybridized carbons (Fsp3) is 0. The second-order valence-electron chi connectivity index (χ2n) is 7.53. The highest BCUT2D eigenvalue weighted by molar-refractivity contribution is 9.10. The molecule has 5 aromatic rings. The molecule has 5 nitrogen and oxygen atoms in total. The molecule has 0 fully saturated rings. The van der Waals surface area contributed by atoms with Gasteiger partial charge in [-0.25, -0.2) is 4.98 Å². The lowest BCUT2D eigenvalue weighted by Crippen LogP contribution is -2.07. The van der Waals surface area contributed by atoms with Gasteiger partial charge in [0.1, 0.15) is 0 Å². The zero-order chi connectivity index (χ0) is 22.8. The van der Waals surface area contributed by atoms with Crippen LogP contribution in [0, 0.1) is 0 Å². The SMILES string of the molecule is Nc1nc(N(Br)c2ccccc2)c2cc(-c3ccc(C(=O)c4ccccc4)cc3)ccc2n1. The number of ketones is 1. The summed E-state index contributed by atoms with van der Waals surface area (Å²) >= 11 is 3.63. The van der Waals surface area contributed by atoms with Crippen molar-refractivity contribution in [3.63, 3.8) is 0 Å². The van der Waals surface area contributed by atoms with Gasteiger partial charge >= 0.3 is 0 Å². The van der Waals surface area contributed by atoms with Crippen molar-refractivity contribution in [2.24, 2.45) is 0 Å². The summed E-state index contributed by atoms with van der Waals surface area (Å²) in [5.74, 6) is 0.862. The van der Waals surface area contributed by atoms with Crippen molar-refractivity contribution in [2.75, 3.05) is 9.66 Å². The molecule has 0 saturated carbocycles. The lowest BCUT2D eigenvalue weighted by Gasteiger charge is -2.18. The molecule has 1 aromatic heterocycles. The molecule has 0 aliphatic heterocycles. The summed E-state index contributed by atoms with van der Waals surface area (Å²) in [6, 6.07) is 32.7. The third kappa shape index (κ3) is 4.21. The van der Waals surface area contributed by atoms with Gasteiger partial charge in [0.2, 0.25) is 5.95 Å². The number of carbonyl (C=O) groups is 1. The van der Waals surface area contributed by atoms with Gasteiger partial charge in [0.25, 0.3) is 0 Å². The van der Waals surface area contributed by atoms with Crippen LogP contribution in [0.4, 0.5) is 17.5 Å². The number of nitrogens with two attached hydrogens (primary N) is 1. The third-order valence-corrected chi connectivity index (χ3v) is 6.12. The maximum Gasteiger partial charge on any atom is 0.222 e. The monoisotopic (exact) mass is 494 g/mol. The summed E-state index contributed by atoms with van der Waals surface area (Å²) in [5, 5.41) is 0.854. The molecule has 0 radical (unpaired) electrons. The molecule has 0 unspecified atom stereocenters. The number of nitrogens with zero attached hydrogens (tertiary/aromatic N) is 3. The number of nitrogen functional groups attached to an aromatic ring is 1. The first-order chi connectivity index (χ1) is 16.1. The Bertz CT molecular complexity index is 1440. The predicted molar refractivity (Wildman–Crippen MR) is 137 cm³/mol. The van der Waals surface area contributed by atoms with Crippen LogP contribution < -0.4 is 9.66 Å². The minimum Gasteiger partial charge on any atom is -0.368 e.